The lowest BCUT2D eigenvalue weighted by Crippen LogP contribution is -2.31. The zero-order valence-electron chi connectivity index (χ0n) is 3.86. The second-order valence-electron chi connectivity index (χ2n) is 1.36. The fourth-order valence-corrected chi connectivity index (χ4v) is 0.786. The van der Waals surface area contributed by atoms with Crippen molar-refractivity contribution in [3.63, 3.8) is 0 Å². The van der Waals surface area contributed by atoms with E-state index in [1.165, 1.54) is 0 Å². The second-order valence-corrected chi connectivity index (χ2v) is 2.38. The highest BCUT2D eigenvalue weighted by molar-refractivity contribution is 9.09. The fourth-order valence-electron chi connectivity index (χ4n) is 0.446. The van der Waals surface area contributed by atoms with Crippen LogP contribution in [0.15, 0.2) is 0 Å². The van der Waals surface area contributed by atoms with Crippen molar-refractivity contribution in [3.05, 3.63) is 6.54 Å². The molecule has 1 radical (unpaired) electrons. The smallest absolute Gasteiger partial charge is 0.124 e. The van der Waals surface area contributed by atoms with Gasteiger partial charge in [0, 0.05) is 13.1 Å². The molecular formula is C4H7BrNO. The number of rotatable bonds is 0. The molecule has 1 rings (SSSR count). The van der Waals surface area contributed by atoms with Crippen LogP contribution in [0.3, 0.4) is 0 Å². The van der Waals surface area contributed by atoms with E-state index in [2.05, 4.69) is 21.2 Å². The molecule has 2 nitrogen and oxygen atoms in total. The maximum absolute atomic E-state index is 5.08. The summed E-state index contributed by atoms with van der Waals surface area (Å²) in [5.74, 6) is 0. The van der Waals surface area contributed by atoms with E-state index in [9.17, 15) is 0 Å². The monoisotopic (exact) mass is 164 g/mol. The predicted molar refractivity (Wildman–Crippen MR) is 31.0 cm³/mol. The lowest BCUT2D eigenvalue weighted by Gasteiger charge is -2.16. The van der Waals surface area contributed by atoms with Gasteiger partial charge in [0.1, 0.15) is 5.01 Å². The molecule has 0 aromatic rings. The molecule has 7 heavy (non-hydrogen) atoms. The zero-order chi connectivity index (χ0) is 5.11. The largest absolute Gasteiger partial charge is 0.364 e. The molecule has 1 atom stereocenters. The molecule has 0 aliphatic carbocycles. The summed E-state index contributed by atoms with van der Waals surface area (Å²) in [6.07, 6.45) is 0. The Kier molecular flexibility index (Phi) is 2.09. The third-order valence-electron chi connectivity index (χ3n) is 0.783. The van der Waals surface area contributed by atoms with E-state index in [4.69, 9.17) is 4.74 Å². The van der Waals surface area contributed by atoms with E-state index in [1.807, 2.05) is 6.54 Å². The van der Waals surface area contributed by atoms with Gasteiger partial charge in [-0.25, -0.2) is 0 Å². The maximum atomic E-state index is 5.08. The summed E-state index contributed by atoms with van der Waals surface area (Å²) >= 11 is 3.28. The molecule has 0 aromatic carbocycles. The number of alkyl halides is 1. The Morgan fingerprint density at radius 2 is 2.71 bits per heavy atom. The Bertz CT molecular complexity index is 53.7. The van der Waals surface area contributed by atoms with Crippen molar-refractivity contribution in [2.24, 2.45) is 0 Å². The van der Waals surface area contributed by atoms with E-state index in [0.29, 0.717) is 6.61 Å². The predicted octanol–water partition coefficient (Wildman–Crippen LogP) is 0.489. The normalized spacial score (nSPS) is 33.0. The van der Waals surface area contributed by atoms with E-state index in [-0.39, 0.29) is 5.01 Å². The van der Waals surface area contributed by atoms with E-state index in [0.717, 1.165) is 6.54 Å². The van der Waals surface area contributed by atoms with Crippen LogP contribution in [0.2, 0.25) is 0 Å². The van der Waals surface area contributed by atoms with Crippen molar-refractivity contribution in [1.29, 1.82) is 0 Å². The van der Waals surface area contributed by atoms with E-state index in [1.54, 1.807) is 0 Å². The lowest BCUT2D eigenvalue weighted by molar-refractivity contribution is 0.108. The molecule has 0 amide bonds. The van der Waals surface area contributed by atoms with Crippen LogP contribution in [0.1, 0.15) is 0 Å². The SMILES string of the molecule is BrC1CN[CH]CO1. The van der Waals surface area contributed by atoms with Crippen LogP contribution in [0.4, 0.5) is 0 Å². The average molecular weight is 165 g/mol. The van der Waals surface area contributed by atoms with E-state index >= 15 is 0 Å². The Balaban J connectivity index is 2.12. The molecule has 3 heteroatoms. The summed E-state index contributed by atoms with van der Waals surface area (Å²) in [6.45, 7) is 3.48. The van der Waals surface area contributed by atoms with Crippen molar-refractivity contribution in [3.8, 4) is 0 Å². The Morgan fingerprint density at radius 3 is 3.00 bits per heavy atom. The van der Waals surface area contributed by atoms with Gasteiger partial charge in [-0.1, -0.05) is 15.9 Å². The molecular weight excluding hydrogens is 158 g/mol. The first-order valence-corrected chi connectivity index (χ1v) is 3.12. The molecule has 0 saturated carbocycles. The summed E-state index contributed by atoms with van der Waals surface area (Å²) in [6, 6.07) is 0. The Morgan fingerprint density at radius 1 is 1.86 bits per heavy atom. The minimum Gasteiger partial charge on any atom is -0.364 e. The Labute approximate surface area is 51.4 Å². The van der Waals surface area contributed by atoms with Crippen molar-refractivity contribution in [2.45, 2.75) is 5.01 Å². The van der Waals surface area contributed by atoms with Gasteiger partial charge in [-0.05, 0) is 0 Å². The molecule has 1 unspecified atom stereocenters. The topological polar surface area (TPSA) is 21.3 Å². The first-order valence-electron chi connectivity index (χ1n) is 2.20. The molecule has 1 fully saturated rings. The molecule has 41 valence electrons. The quantitative estimate of drug-likeness (QED) is 0.527. The van der Waals surface area contributed by atoms with Gasteiger partial charge < -0.3 is 10.1 Å². The molecule has 1 saturated heterocycles. The molecule has 1 heterocycles. The summed E-state index contributed by atoms with van der Waals surface area (Å²) in [4.78, 5) is 0. The summed E-state index contributed by atoms with van der Waals surface area (Å²) in [5.41, 5.74) is 0. The summed E-state index contributed by atoms with van der Waals surface area (Å²) in [5, 5.41) is 3.24. The molecule has 0 spiro atoms. The van der Waals surface area contributed by atoms with Gasteiger partial charge >= 0.3 is 0 Å². The van der Waals surface area contributed by atoms with Gasteiger partial charge in [0.05, 0.1) is 6.61 Å². The Hall–Kier alpha value is 0.400. The highest BCUT2D eigenvalue weighted by atomic mass is 79.9. The van der Waals surface area contributed by atoms with Crippen LogP contribution in [-0.2, 0) is 4.74 Å². The first-order chi connectivity index (χ1) is 3.39. The molecule has 1 aliphatic heterocycles. The number of nitrogens with one attached hydrogen (secondary N) is 1. The van der Waals surface area contributed by atoms with Gasteiger partial charge in [-0.15, -0.1) is 0 Å². The van der Waals surface area contributed by atoms with Crippen LogP contribution >= 0.6 is 15.9 Å². The van der Waals surface area contributed by atoms with Gasteiger partial charge in [-0.3, -0.25) is 0 Å². The van der Waals surface area contributed by atoms with E-state index < -0.39 is 0 Å². The summed E-state index contributed by atoms with van der Waals surface area (Å²) < 4.78 is 5.08. The number of hydrogen-bond donors (Lipinski definition) is 1. The number of hydrogen-bond acceptors (Lipinski definition) is 2. The van der Waals surface area contributed by atoms with Gasteiger partial charge in [0.25, 0.3) is 0 Å². The lowest BCUT2D eigenvalue weighted by atomic mass is 10.5. The third kappa shape index (κ3) is 1.76. The highest BCUT2D eigenvalue weighted by Crippen LogP contribution is 2.03. The highest BCUT2D eigenvalue weighted by Gasteiger charge is 2.06. The first kappa shape index (κ1) is 5.54. The van der Waals surface area contributed by atoms with Crippen molar-refractivity contribution in [2.75, 3.05) is 13.2 Å². The minimum atomic E-state index is 0.206. The zero-order valence-corrected chi connectivity index (χ0v) is 5.44. The fraction of sp³-hybridized carbons (Fsp3) is 0.750. The van der Waals surface area contributed by atoms with Crippen LogP contribution < -0.4 is 5.32 Å². The molecule has 0 bridgehead atoms. The van der Waals surface area contributed by atoms with Gasteiger partial charge in [-0.2, -0.15) is 0 Å². The molecule has 1 aliphatic rings. The van der Waals surface area contributed by atoms with Crippen LogP contribution in [0, 0.1) is 6.54 Å². The minimum absolute atomic E-state index is 0.206. The van der Waals surface area contributed by atoms with Crippen LogP contribution in [0.5, 0.6) is 0 Å². The van der Waals surface area contributed by atoms with Crippen molar-refractivity contribution >= 4 is 15.9 Å². The van der Waals surface area contributed by atoms with Crippen LogP contribution in [0.25, 0.3) is 0 Å². The maximum Gasteiger partial charge on any atom is 0.124 e. The average Bonchev–Trinajstić information content (AvgIpc) is 1.69. The van der Waals surface area contributed by atoms with Gasteiger partial charge in [0.2, 0.25) is 0 Å². The van der Waals surface area contributed by atoms with Crippen molar-refractivity contribution in [1.82, 2.24) is 5.32 Å². The molecule has 0 aromatic heterocycles. The number of halogens is 1. The van der Waals surface area contributed by atoms with Crippen molar-refractivity contribution < 1.29 is 4.74 Å². The van der Waals surface area contributed by atoms with Gasteiger partial charge in [0.15, 0.2) is 0 Å². The number of morpholine rings is 1. The summed E-state index contributed by atoms with van der Waals surface area (Å²) in [7, 11) is 0. The standard InChI is InChI=1S/C4H7BrNO/c5-4-3-6-1-2-7-4/h1,4,6H,2-3H2. The number of ether oxygens (including phenoxy) is 1. The molecule has 1 N–H and O–H groups in total. The third-order valence-corrected chi connectivity index (χ3v) is 1.37. The second kappa shape index (κ2) is 2.64. The van der Waals surface area contributed by atoms with Crippen LogP contribution in [-0.4, -0.2) is 18.2 Å².